The molecule has 3 aromatic rings. The Balaban J connectivity index is 0.00000363. The fraction of sp³-hybridized carbons (Fsp3) is 0.364. The van der Waals surface area contributed by atoms with Crippen LogP contribution >= 0.6 is 23.7 Å². The first-order valence-electron chi connectivity index (χ1n) is 9.88. The molecule has 0 aliphatic rings. The molecular weight excluding hydrogens is 473 g/mol. The van der Waals surface area contributed by atoms with Crippen LogP contribution < -0.4 is 4.90 Å². The number of sulfone groups is 1. The number of benzene rings is 2. The molecule has 0 saturated heterocycles. The minimum Gasteiger partial charge on any atom is -0.308 e. The maximum Gasteiger partial charge on any atom is 0.229 e. The third kappa shape index (κ3) is 6.04. The number of thiazole rings is 1. The van der Waals surface area contributed by atoms with Gasteiger partial charge in [0.2, 0.25) is 5.91 Å². The summed E-state index contributed by atoms with van der Waals surface area (Å²) in [7, 11) is 0.123. The number of hydrogen-bond donors (Lipinski definition) is 0. The van der Waals surface area contributed by atoms with E-state index >= 15 is 0 Å². The summed E-state index contributed by atoms with van der Waals surface area (Å²) in [5.41, 5.74) is 2.98. The number of carbonyl (C=O) groups is 1. The van der Waals surface area contributed by atoms with Gasteiger partial charge >= 0.3 is 0 Å². The van der Waals surface area contributed by atoms with Crippen LogP contribution in [0.4, 0.5) is 9.52 Å². The lowest BCUT2D eigenvalue weighted by Crippen LogP contribution is -2.37. The highest BCUT2D eigenvalue weighted by molar-refractivity contribution is 7.91. The Morgan fingerprint density at radius 1 is 1.03 bits per heavy atom. The number of fused-ring (bicyclic) bond motifs is 1. The molecule has 0 aliphatic heterocycles. The van der Waals surface area contributed by atoms with E-state index in [-0.39, 0.29) is 35.4 Å². The van der Waals surface area contributed by atoms with Crippen molar-refractivity contribution in [3.05, 3.63) is 53.3 Å². The van der Waals surface area contributed by atoms with E-state index in [0.717, 1.165) is 33.5 Å². The fourth-order valence-electron chi connectivity index (χ4n) is 3.11. The van der Waals surface area contributed by atoms with Crippen LogP contribution in [0.3, 0.4) is 0 Å². The van der Waals surface area contributed by atoms with Crippen molar-refractivity contribution >= 4 is 54.8 Å². The van der Waals surface area contributed by atoms with E-state index in [4.69, 9.17) is 4.98 Å². The van der Waals surface area contributed by atoms with Gasteiger partial charge in [0.25, 0.3) is 0 Å². The third-order valence-electron chi connectivity index (χ3n) is 4.99. The molecule has 10 heteroatoms. The second-order valence-corrected chi connectivity index (χ2v) is 10.8. The van der Waals surface area contributed by atoms with Gasteiger partial charge in [0, 0.05) is 19.5 Å². The summed E-state index contributed by atoms with van der Waals surface area (Å²) in [5, 5.41) is 0.568. The molecular formula is C22H27ClFN3O3S2. The molecule has 0 atom stereocenters. The highest BCUT2D eigenvalue weighted by Gasteiger charge is 2.24. The molecule has 6 nitrogen and oxygen atoms in total. The minimum atomic E-state index is -3.70. The highest BCUT2D eigenvalue weighted by Crippen LogP contribution is 2.33. The highest BCUT2D eigenvalue weighted by atomic mass is 35.5. The monoisotopic (exact) mass is 499 g/mol. The molecule has 174 valence electrons. The Bertz CT molecular complexity index is 1160. The average molecular weight is 500 g/mol. The first kappa shape index (κ1) is 26.2. The molecule has 0 unspecified atom stereocenters. The van der Waals surface area contributed by atoms with Crippen molar-refractivity contribution in [3.63, 3.8) is 0 Å². The average Bonchev–Trinajstić information content (AvgIpc) is 3.16. The quantitative estimate of drug-likeness (QED) is 0.434. The molecule has 0 N–H and O–H groups in total. The SMILES string of the molecule is Cc1ccc(C)c2sc(N(CCN(C)C)C(=O)CCS(=O)(=O)c3ccc(F)cc3)nc12.Cl. The van der Waals surface area contributed by atoms with E-state index < -0.39 is 15.7 Å². The first-order chi connectivity index (χ1) is 14.6. The smallest absolute Gasteiger partial charge is 0.229 e. The largest absolute Gasteiger partial charge is 0.308 e. The topological polar surface area (TPSA) is 70.6 Å². The van der Waals surface area contributed by atoms with E-state index in [2.05, 4.69) is 0 Å². The fourth-order valence-corrected chi connectivity index (χ4v) is 5.49. The van der Waals surface area contributed by atoms with Gasteiger partial charge < -0.3 is 4.90 Å². The van der Waals surface area contributed by atoms with Gasteiger partial charge in [0.05, 0.1) is 20.9 Å². The number of nitrogens with zero attached hydrogens (tertiary/aromatic N) is 3. The Morgan fingerprint density at radius 2 is 1.66 bits per heavy atom. The van der Waals surface area contributed by atoms with Crippen LogP contribution in [0.1, 0.15) is 17.5 Å². The van der Waals surface area contributed by atoms with Crippen LogP contribution in [0.5, 0.6) is 0 Å². The van der Waals surface area contributed by atoms with Crippen LogP contribution in [0.25, 0.3) is 10.2 Å². The van der Waals surface area contributed by atoms with E-state index in [1.165, 1.54) is 23.5 Å². The molecule has 0 aliphatic carbocycles. The van der Waals surface area contributed by atoms with E-state index in [0.29, 0.717) is 18.2 Å². The summed E-state index contributed by atoms with van der Waals surface area (Å²) >= 11 is 1.44. The Morgan fingerprint density at radius 3 is 2.25 bits per heavy atom. The zero-order chi connectivity index (χ0) is 22.8. The second kappa shape index (κ2) is 10.7. The van der Waals surface area contributed by atoms with Crippen LogP contribution in [-0.4, -0.2) is 57.1 Å². The number of carbonyl (C=O) groups excluding carboxylic acids is 1. The van der Waals surface area contributed by atoms with E-state index in [1.54, 1.807) is 4.90 Å². The second-order valence-electron chi connectivity index (χ2n) is 7.74. The van der Waals surface area contributed by atoms with Gasteiger partial charge in [-0.3, -0.25) is 9.69 Å². The van der Waals surface area contributed by atoms with Gasteiger partial charge in [-0.05, 0) is 63.3 Å². The number of aromatic nitrogens is 1. The standard InChI is InChI=1S/C22H26FN3O3S2.ClH/c1-15-5-6-16(2)21-20(15)24-22(30-21)26(13-12-25(3)4)19(27)11-14-31(28,29)18-9-7-17(23)8-10-18;/h5-10H,11-14H2,1-4H3;1H. The molecule has 0 spiro atoms. The van der Waals surface area contributed by atoms with Crippen molar-refractivity contribution in [1.29, 1.82) is 0 Å². The summed E-state index contributed by atoms with van der Waals surface area (Å²) in [6, 6.07) is 8.67. The Labute approximate surface area is 198 Å². The predicted molar refractivity (Wildman–Crippen MR) is 130 cm³/mol. The molecule has 2 aromatic carbocycles. The van der Waals surface area contributed by atoms with Gasteiger partial charge in [-0.15, -0.1) is 12.4 Å². The first-order valence-corrected chi connectivity index (χ1v) is 12.4. The van der Waals surface area contributed by atoms with E-state index in [1.807, 2.05) is 45.0 Å². The number of likely N-dealkylation sites (N-methyl/N-ethyl adjacent to an activating group) is 1. The van der Waals surface area contributed by atoms with Gasteiger partial charge in [0.15, 0.2) is 15.0 Å². The van der Waals surface area contributed by atoms with Gasteiger partial charge in [-0.2, -0.15) is 0 Å². The summed E-state index contributed by atoms with van der Waals surface area (Å²) in [5.74, 6) is -1.16. The normalized spacial score (nSPS) is 11.6. The lowest BCUT2D eigenvalue weighted by Gasteiger charge is -2.22. The Kier molecular flexibility index (Phi) is 8.75. The molecule has 0 bridgehead atoms. The number of anilines is 1. The van der Waals surface area contributed by atoms with Crippen molar-refractivity contribution in [2.75, 3.05) is 37.8 Å². The molecule has 0 saturated carbocycles. The number of amides is 1. The van der Waals surface area contributed by atoms with Crippen LogP contribution in [0.2, 0.25) is 0 Å². The lowest BCUT2D eigenvalue weighted by atomic mass is 10.1. The van der Waals surface area contributed by atoms with Crippen LogP contribution in [0, 0.1) is 19.7 Å². The van der Waals surface area contributed by atoms with Crippen LogP contribution in [-0.2, 0) is 14.6 Å². The van der Waals surface area contributed by atoms with Gasteiger partial charge in [-0.25, -0.2) is 17.8 Å². The number of halogens is 2. The molecule has 1 aromatic heterocycles. The number of aryl methyl sites for hydroxylation is 2. The molecule has 3 rings (SSSR count). The third-order valence-corrected chi connectivity index (χ3v) is 7.94. The summed E-state index contributed by atoms with van der Waals surface area (Å²) in [6.07, 6.45) is -0.180. The predicted octanol–water partition coefficient (Wildman–Crippen LogP) is 4.23. The summed E-state index contributed by atoms with van der Waals surface area (Å²) in [4.78, 5) is 21.3. The summed E-state index contributed by atoms with van der Waals surface area (Å²) in [6.45, 7) is 5.00. The van der Waals surface area contributed by atoms with Crippen LogP contribution in [0.15, 0.2) is 41.3 Å². The minimum absolute atomic E-state index is 0. The van der Waals surface area contributed by atoms with Gasteiger partial charge in [0.1, 0.15) is 5.82 Å². The van der Waals surface area contributed by atoms with Crippen molar-refractivity contribution in [2.45, 2.75) is 25.2 Å². The zero-order valence-electron chi connectivity index (χ0n) is 18.5. The zero-order valence-corrected chi connectivity index (χ0v) is 20.9. The van der Waals surface area contributed by atoms with Crippen molar-refractivity contribution < 1.29 is 17.6 Å². The maximum absolute atomic E-state index is 13.1. The molecule has 32 heavy (non-hydrogen) atoms. The molecule has 1 heterocycles. The van der Waals surface area contributed by atoms with Crippen molar-refractivity contribution in [1.82, 2.24) is 9.88 Å². The number of rotatable bonds is 8. The van der Waals surface area contributed by atoms with E-state index in [9.17, 15) is 17.6 Å². The molecule has 1 amide bonds. The molecule has 0 fully saturated rings. The van der Waals surface area contributed by atoms with Crippen molar-refractivity contribution in [3.8, 4) is 0 Å². The molecule has 0 radical (unpaired) electrons. The number of hydrogen-bond acceptors (Lipinski definition) is 6. The van der Waals surface area contributed by atoms with Crippen molar-refractivity contribution in [2.24, 2.45) is 0 Å². The Hall–Kier alpha value is -2.07. The lowest BCUT2D eigenvalue weighted by molar-refractivity contribution is -0.118. The summed E-state index contributed by atoms with van der Waals surface area (Å²) < 4.78 is 39.3. The maximum atomic E-state index is 13.1. The van der Waals surface area contributed by atoms with Gasteiger partial charge in [-0.1, -0.05) is 23.5 Å².